The maximum Gasteiger partial charge on any atom is 0.414 e. The lowest BCUT2D eigenvalue weighted by Gasteiger charge is -2.22. The van der Waals surface area contributed by atoms with Crippen LogP contribution < -0.4 is 9.80 Å². The molecule has 0 saturated carbocycles. The molecule has 0 N–H and O–H groups in total. The van der Waals surface area contributed by atoms with Crippen LogP contribution in [-0.4, -0.2) is 25.1 Å². The van der Waals surface area contributed by atoms with Gasteiger partial charge in [0, 0.05) is 31.4 Å². The highest BCUT2D eigenvalue weighted by Crippen LogP contribution is 2.32. The molecular weight excluding hydrogens is 328 g/mol. The number of hydrogen-bond acceptors (Lipinski definition) is 3. The van der Waals surface area contributed by atoms with Crippen LogP contribution in [0.15, 0.2) is 61.2 Å². The molecule has 0 bridgehead atoms. The average molecular weight is 350 g/mol. The van der Waals surface area contributed by atoms with Crippen molar-refractivity contribution in [1.82, 2.24) is 0 Å². The molecule has 0 saturated heterocycles. The zero-order valence-electron chi connectivity index (χ0n) is 14.9. The van der Waals surface area contributed by atoms with Gasteiger partial charge in [-0.25, -0.2) is 4.79 Å². The van der Waals surface area contributed by atoms with Crippen LogP contribution >= 0.6 is 0 Å². The summed E-state index contributed by atoms with van der Waals surface area (Å²) in [5, 5.41) is 0. The van der Waals surface area contributed by atoms with Crippen LogP contribution in [-0.2, 0) is 22.6 Å². The molecule has 2 aromatic rings. The number of hydrogen-bond donors (Lipinski definition) is 0. The number of ether oxygens (including phenoxy) is 1. The third-order valence-electron chi connectivity index (χ3n) is 4.39. The molecule has 1 heterocycles. The smallest absolute Gasteiger partial charge is 0.414 e. The Balaban J connectivity index is 1.76. The van der Waals surface area contributed by atoms with Gasteiger partial charge >= 0.3 is 6.09 Å². The molecule has 3 rings (SSSR count). The Labute approximate surface area is 153 Å². The summed E-state index contributed by atoms with van der Waals surface area (Å²) in [5.41, 5.74) is 3.65. The van der Waals surface area contributed by atoms with Gasteiger partial charge < -0.3 is 9.64 Å². The predicted molar refractivity (Wildman–Crippen MR) is 102 cm³/mol. The summed E-state index contributed by atoms with van der Waals surface area (Å²) in [6.45, 7) is 6.54. The Morgan fingerprint density at radius 3 is 2.69 bits per heavy atom. The number of amides is 2. The fourth-order valence-corrected chi connectivity index (χ4v) is 3.09. The molecule has 26 heavy (non-hydrogen) atoms. The van der Waals surface area contributed by atoms with Crippen molar-refractivity contribution in [3.63, 3.8) is 0 Å². The quantitative estimate of drug-likeness (QED) is 0.768. The van der Waals surface area contributed by atoms with Crippen LogP contribution in [0.4, 0.5) is 16.2 Å². The summed E-state index contributed by atoms with van der Waals surface area (Å²) in [7, 11) is 0. The van der Waals surface area contributed by atoms with Crippen LogP contribution in [0, 0.1) is 0 Å². The minimum absolute atomic E-state index is 0.0294. The van der Waals surface area contributed by atoms with Gasteiger partial charge in [-0.05, 0) is 35.7 Å². The molecule has 0 aliphatic carbocycles. The van der Waals surface area contributed by atoms with Crippen LogP contribution in [0.5, 0.6) is 0 Å². The van der Waals surface area contributed by atoms with Crippen LogP contribution in [0.25, 0.3) is 0 Å². The van der Waals surface area contributed by atoms with E-state index in [4.69, 9.17) is 4.74 Å². The van der Waals surface area contributed by atoms with E-state index in [1.54, 1.807) is 22.8 Å². The Morgan fingerprint density at radius 1 is 1.23 bits per heavy atom. The standard InChI is InChI=1S/C21H22N2O3/c1-3-12-23(21(25)26-15-17-7-5-4-6-8-17)19-9-10-20-18(14-19)11-13-22(20)16(2)24/h3-10,14H,1,11-13,15H2,2H3. The second-order valence-electron chi connectivity index (χ2n) is 6.17. The molecule has 1 aliphatic heterocycles. The molecule has 134 valence electrons. The van der Waals surface area contributed by atoms with E-state index in [9.17, 15) is 9.59 Å². The van der Waals surface area contributed by atoms with E-state index in [2.05, 4.69) is 6.58 Å². The largest absolute Gasteiger partial charge is 0.444 e. The third-order valence-corrected chi connectivity index (χ3v) is 4.39. The third kappa shape index (κ3) is 3.77. The van der Waals surface area contributed by atoms with Crippen LogP contribution in [0.2, 0.25) is 0 Å². The van der Waals surface area contributed by atoms with Crippen molar-refractivity contribution in [1.29, 1.82) is 0 Å². The van der Waals surface area contributed by atoms with E-state index in [-0.39, 0.29) is 12.5 Å². The summed E-state index contributed by atoms with van der Waals surface area (Å²) in [5.74, 6) is 0.0294. The van der Waals surface area contributed by atoms with Crippen molar-refractivity contribution in [2.45, 2.75) is 20.0 Å². The maximum atomic E-state index is 12.6. The summed E-state index contributed by atoms with van der Waals surface area (Å²) in [6.07, 6.45) is 2.03. The molecule has 0 radical (unpaired) electrons. The summed E-state index contributed by atoms with van der Waals surface area (Å²) in [4.78, 5) is 27.6. The number of nitrogens with zero attached hydrogens (tertiary/aromatic N) is 2. The zero-order chi connectivity index (χ0) is 18.5. The Morgan fingerprint density at radius 2 is 2.00 bits per heavy atom. The zero-order valence-corrected chi connectivity index (χ0v) is 14.9. The maximum absolute atomic E-state index is 12.6. The van der Waals surface area contributed by atoms with E-state index in [0.717, 1.165) is 28.9 Å². The first-order valence-corrected chi connectivity index (χ1v) is 8.60. The molecule has 2 amide bonds. The number of rotatable bonds is 5. The monoisotopic (exact) mass is 350 g/mol. The second kappa shape index (κ2) is 7.87. The first-order valence-electron chi connectivity index (χ1n) is 8.60. The average Bonchev–Trinajstić information content (AvgIpc) is 3.08. The minimum Gasteiger partial charge on any atom is -0.444 e. The second-order valence-corrected chi connectivity index (χ2v) is 6.17. The highest BCUT2D eigenvalue weighted by atomic mass is 16.6. The number of fused-ring (bicyclic) bond motifs is 1. The highest BCUT2D eigenvalue weighted by Gasteiger charge is 2.24. The van der Waals surface area contributed by atoms with Crippen molar-refractivity contribution in [2.24, 2.45) is 0 Å². The first-order chi connectivity index (χ1) is 12.6. The molecule has 0 spiro atoms. The Hall–Kier alpha value is -3.08. The van der Waals surface area contributed by atoms with E-state index < -0.39 is 6.09 Å². The highest BCUT2D eigenvalue weighted by molar-refractivity contribution is 5.95. The molecule has 0 atom stereocenters. The number of carbonyl (C=O) groups excluding carboxylic acids is 2. The number of benzene rings is 2. The van der Waals surface area contributed by atoms with E-state index in [1.165, 1.54) is 0 Å². The van der Waals surface area contributed by atoms with Crippen LogP contribution in [0.1, 0.15) is 18.1 Å². The lowest BCUT2D eigenvalue weighted by atomic mass is 10.1. The normalized spacial score (nSPS) is 12.4. The minimum atomic E-state index is -0.421. The molecule has 2 aromatic carbocycles. The summed E-state index contributed by atoms with van der Waals surface area (Å²) >= 11 is 0. The molecular formula is C21H22N2O3. The Bertz CT molecular complexity index is 817. The van der Waals surface area contributed by atoms with Gasteiger partial charge in [0.25, 0.3) is 0 Å². The van der Waals surface area contributed by atoms with Crippen molar-refractivity contribution >= 4 is 23.4 Å². The molecule has 5 heteroatoms. The van der Waals surface area contributed by atoms with E-state index in [0.29, 0.717) is 13.1 Å². The van der Waals surface area contributed by atoms with Crippen molar-refractivity contribution in [3.05, 3.63) is 72.3 Å². The van der Waals surface area contributed by atoms with Gasteiger partial charge in [0.1, 0.15) is 6.61 Å². The van der Waals surface area contributed by atoms with Crippen LogP contribution in [0.3, 0.4) is 0 Å². The summed E-state index contributed by atoms with van der Waals surface area (Å²) < 4.78 is 5.45. The van der Waals surface area contributed by atoms with Gasteiger partial charge in [0.05, 0.1) is 0 Å². The first kappa shape index (κ1) is 17.7. The predicted octanol–water partition coefficient (Wildman–Crippen LogP) is 3.92. The molecule has 5 nitrogen and oxygen atoms in total. The van der Waals surface area contributed by atoms with Gasteiger partial charge in [-0.2, -0.15) is 0 Å². The molecule has 0 fully saturated rings. The fourth-order valence-electron chi connectivity index (χ4n) is 3.09. The lowest BCUT2D eigenvalue weighted by molar-refractivity contribution is -0.116. The molecule has 1 aliphatic rings. The van der Waals surface area contributed by atoms with E-state index >= 15 is 0 Å². The summed E-state index contributed by atoms with van der Waals surface area (Å²) in [6, 6.07) is 15.2. The van der Waals surface area contributed by atoms with Crippen molar-refractivity contribution in [2.75, 3.05) is 22.9 Å². The van der Waals surface area contributed by atoms with Crippen molar-refractivity contribution in [3.8, 4) is 0 Å². The van der Waals surface area contributed by atoms with Gasteiger partial charge in [0.2, 0.25) is 5.91 Å². The van der Waals surface area contributed by atoms with Gasteiger partial charge in [-0.15, -0.1) is 6.58 Å². The van der Waals surface area contributed by atoms with Gasteiger partial charge in [0.15, 0.2) is 0 Å². The van der Waals surface area contributed by atoms with Gasteiger partial charge in [-0.3, -0.25) is 9.69 Å². The molecule has 0 aromatic heterocycles. The Kier molecular flexibility index (Phi) is 5.37. The number of carbonyl (C=O) groups is 2. The topological polar surface area (TPSA) is 49.9 Å². The van der Waals surface area contributed by atoms with Crippen molar-refractivity contribution < 1.29 is 14.3 Å². The number of anilines is 2. The van der Waals surface area contributed by atoms with E-state index in [1.807, 2.05) is 48.5 Å². The lowest BCUT2D eigenvalue weighted by Crippen LogP contribution is -2.31. The van der Waals surface area contributed by atoms with Gasteiger partial charge in [-0.1, -0.05) is 36.4 Å². The fraction of sp³-hybridized carbons (Fsp3) is 0.238. The SMILES string of the molecule is C=CCN(C(=O)OCc1ccccc1)c1ccc2c(c1)CCN2C(C)=O. The molecule has 0 unspecified atom stereocenters.